The fraction of sp³-hybridized carbons (Fsp3) is 0.133. The molecule has 4 nitrogen and oxygen atoms in total. The molecule has 0 radical (unpaired) electrons. The second-order valence-corrected chi connectivity index (χ2v) is 4.74. The predicted molar refractivity (Wildman–Crippen MR) is 83.5 cm³/mol. The zero-order valence-electron chi connectivity index (χ0n) is 11.4. The van der Waals surface area contributed by atoms with Crippen molar-refractivity contribution in [3.63, 3.8) is 0 Å². The van der Waals surface area contributed by atoms with E-state index in [1.807, 2.05) is 42.3 Å². The second-order valence-electron chi connectivity index (χ2n) is 4.34. The number of nitrogens with one attached hydrogen (secondary N) is 1. The second kappa shape index (κ2) is 5.84. The number of nitrogen functional groups attached to an aromatic ring is 1. The van der Waals surface area contributed by atoms with Gasteiger partial charge in [-0.05, 0) is 42.5 Å². The monoisotopic (exact) mass is 289 g/mol. The summed E-state index contributed by atoms with van der Waals surface area (Å²) >= 11 is 6.26. The predicted octanol–water partition coefficient (Wildman–Crippen LogP) is 3.40. The topological polar surface area (TPSA) is 62.3 Å². The van der Waals surface area contributed by atoms with Crippen LogP contribution in [0.5, 0.6) is 5.75 Å². The fourth-order valence-corrected chi connectivity index (χ4v) is 2.20. The first kappa shape index (κ1) is 14.2. The Hall–Kier alpha value is -2.20. The highest BCUT2D eigenvalue weighted by Gasteiger charge is 2.10. The van der Waals surface area contributed by atoms with Crippen molar-refractivity contribution < 1.29 is 4.74 Å². The Balaban J connectivity index is 2.32. The molecule has 0 amide bonds. The van der Waals surface area contributed by atoms with Crippen molar-refractivity contribution in [2.75, 3.05) is 19.1 Å². The number of nitrogens with two attached hydrogens (primary N) is 1. The van der Waals surface area contributed by atoms with E-state index in [4.69, 9.17) is 27.5 Å². The van der Waals surface area contributed by atoms with Crippen molar-refractivity contribution in [2.24, 2.45) is 5.73 Å². The third-order valence-electron chi connectivity index (χ3n) is 3.08. The summed E-state index contributed by atoms with van der Waals surface area (Å²) in [6.07, 6.45) is 0. The maximum absolute atomic E-state index is 7.41. The molecule has 0 aliphatic heterocycles. The smallest absolute Gasteiger partial charge is 0.122 e. The SMILES string of the molecule is COc1ccc(N(C)c2ccc(C(=N)N)cc2Cl)cc1. The van der Waals surface area contributed by atoms with E-state index in [1.54, 1.807) is 19.2 Å². The third kappa shape index (κ3) is 2.86. The number of hydrogen-bond acceptors (Lipinski definition) is 3. The van der Waals surface area contributed by atoms with Crippen molar-refractivity contribution in [2.45, 2.75) is 0 Å². The van der Waals surface area contributed by atoms with Crippen LogP contribution < -0.4 is 15.4 Å². The number of halogens is 1. The van der Waals surface area contributed by atoms with Crippen LogP contribution in [-0.2, 0) is 0 Å². The first-order valence-corrected chi connectivity index (χ1v) is 6.42. The van der Waals surface area contributed by atoms with Crippen LogP contribution in [0.25, 0.3) is 0 Å². The Kier molecular flexibility index (Phi) is 4.15. The van der Waals surface area contributed by atoms with Gasteiger partial charge in [-0.2, -0.15) is 0 Å². The van der Waals surface area contributed by atoms with E-state index in [1.165, 1.54) is 0 Å². The van der Waals surface area contributed by atoms with E-state index >= 15 is 0 Å². The number of anilines is 2. The van der Waals surface area contributed by atoms with Gasteiger partial charge in [0.15, 0.2) is 0 Å². The molecular formula is C15H16ClN3O. The van der Waals surface area contributed by atoms with Gasteiger partial charge in [-0.1, -0.05) is 11.6 Å². The van der Waals surface area contributed by atoms with Gasteiger partial charge in [-0.25, -0.2) is 0 Å². The Bertz CT molecular complexity index is 626. The molecule has 20 heavy (non-hydrogen) atoms. The number of ether oxygens (including phenoxy) is 1. The number of benzene rings is 2. The number of nitrogens with zero attached hydrogens (tertiary/aromatic N) is 1. The summed E-state index contributed by atoms with van der Waals surface area (Å²) in [5.41, 5.74) is 7.90. The van der Waals surface area contributed by atoms with Crippen molar-refractivity contribution in [3.8, 4) is 5.75 Å². The van der Waals surface area contributed by atoms with E-state index in [0.717, 1.165) is 17.1 Å². The first-order chi connectivity index (χ1) is 9.52. The Morgan fingerprint density at radius 2 is 1.85 bits per heavy atom. The van der Waals surface area contributed by atoms with Crippen LogP contribution >= 0.6 is 11.6 Å². The van der Waals surface area contributed by atoms with Gasteiger partial charge < -0.3 is 15.4 Å². The van der Waals surface area contributed by atoms with Crippen LogP contribution in [0.4, 0.5) is 11.4 Å². The van der Waals surface area contributed by atoms with Gasteiger partial charge in [-0.3, -0.25) is 5.41 Å². The molecule has 0 aliphatic carbocycles. The molecule has 0 heterocycles. The lowest BCUT2D eigenvalue weighted by Crippen LogP contribution is -2.13. The van der Waals surface area contributed by atoms with Crippen LogP contribution in [-0.4, -0.2) is 20.0 Å². The number of amidine groups is 1. The van der Waals surface area contributed by atoms with Crippen molar-refractivity contribution in [1.82, 2.24) is 0 Å². The molecule has 0 atom stereocenters. The Morgan fingerprint density at radius 3 is 2.35 bits per heavy atom. The molecule has 0 fully saturated rings. The summed E-state index contributed by atoms with van der Waals surface area (Å²) in [6, 6.07) is 13.0. The molecule has 0 saturated heterocycles. The average Bonchev–Trinajstić information content (AvgIpc) is 2.46. The lowest BCUT2D eigenvalue weighted by atomic mass is 10.1. The van der Waals surface area contributed by atoms with Crippen molar-refractivity contribution in [1.29, 1.82) is 5.41 Å². The van der Waals surface area contributed by atoms with Crippen molar-refractivity contribution >= 4 is 28.8 Å². The summed E-state index contributed by atoms with van der Waals surface area (Å²) in [5.74, 6) is 0.811. The van der Waals surface area contributed by atoms with E-state index in [0.29, 0.717) is 10.6 Å². The highest BCUT2D eigenvalue weighted by atomic mass is 35.5. The van der Waals surface area contributed by atoms with Crippen LogP contribution in [0.15, 0.2) is 42.5 Å². The van der Waals surface area contributed by atoms with Crippen molar-refractivity contribution in [3.05, 3.63) is 53.1 Å². The summed E-state index contributed by atoms with van der Waals surface area (Å²) in [7, 11) is 3.56. The molecule has 2 aromatic rings. The minimum atomic E-state index is 0.00514. The largest absolute Gasteiger partial charge is 0.497 e. The quantitative estimate of drug-likeness (QED) is 0.670. The van der Waals surface area contributed by atoms with E-state index in [9.17, 15) is 0 Å². The standard InChI is InChI=1S/C15H16ClN3O/c1-19(11-4-6-12(20-2)7-5-11)14-8-3-10(15(17)18)9-13(14)16/h3-9H,1-2H3,(H3,17,18). The van der Waals surface area contributed by atoms with E-state index in [-0.39, 0.29) is 5.84 Å². The van der Waals surface area contributed by atoms with Gasteiger partial charge in [0.25, 0.3) is 0 Å². The maximum atomic E-state index is 7.41. The first-order valence-electron chi connectivity index (χ1n) is 6.04. The summed E-state index contributed by atoms with van der Waals surface area (Å²) in [5, 5.41) is 7.96. The molecule has 0 spiro atoms. The fourth-order valence-electron chi connectivity index (χ4n) is 1.89. The molecule has 0 aliphatic rings. The number of hydrogen-bond donors (Lipinski definition) is 2. The van der Waals surface area contributed by atoms with Gasteiger partial charge in [0.05, 0.1) is 17.8 Å². The number of rotatable bonds is 4. The highest BCUT2D eigenvalue weighted by molar-refractivity contribution is 6.33. The third-order valence-corrected chi connectivity index (χ3v) is 3.38. The minimum absolute atomic E-state index is 0.00514. The molecule has 0 bridgehead atoms. The lowest BCUT2D eigenvalue weighted by Gasteiger charge is -2.21. The van der Waals surface area contributed by atoms with Gasteiger partial charge in [-0.15, -0.1) is 0 Å². The molecule has 2 rings (SSSR count). The summed E-state index contributed by atoms with van der Waals surface area (Å²) in [4.78, 5) is 1.96. The molecule has 104 valence electrons. The molecule has 3 N–H and O–H groups in total. The zero-order chi connectivity index (χ0) is 14.7. The van der Waals surface area contributed by atoms with Gasteiger partial charge in [0, 0.05) is 18.3 Å². The van der Waals surface area contributed by atoms with Gasteiger partial charge in [0.2, 0.25) is 0 Å². The van der Waals surface area contributed by atoms with Crippen LogP contribution in [0.2, 0.25) is 5.02 Å². The Morgan fingerprint density at radius 1 is 1.20 bits per heavy atom. The van der Waals surface area contributed by atoms with Gasteiger partial charge >= 0.3 is 0 Å². The molecule has 0 aromatic heterocycles. The number of methoxy groups -OCH3 is 1. The summed E-state index contributed by atoms with van der Waals surface area (Å²) < 4.78 is 5.14. The highest BCUT2D eigenvalue weighted by Crippen LogP contribution is 2.32. The zero-order valence-corrected chi connectivity index (χ0v) is 12.1. The average molecular weight is 290 g/mol. The molecule has 2 aromatic carbocycles. The lowest BCUT2D eigenvalue weighted by molar-refractivity contribution is 0.415. The van der Waals surface area contributed by atoms with E-state index in [2.05, 4.69) is 0 Å². The normalized spacial score (nSPS) is 10.2. The molecule has 0 unspecified atom stereocenters. The van der Waals surface area contributed by atoms with E-state index < -0.39 is 0 Å². The van der Waals surface area contributed by atoms with Crippen LogP contribution in [0.1, 0.15) is 5.56 Å². The molecule has 0 saturated carbocycles. The Labute approximate surface area is 123 Å². The van der Waals surface area contributed by atoms with Gasteiger partial charge in [0.1, 0.15) is 11.6 Å². The maximum Gasteiger partial charge on any atom is 0.122 e. The van der Waals surface area contributed by atoms with Crippen LogP contribution in [0, 0.1) is 5.41 Å². The molecule has 5 heteroatoms. The molecular weight excluding hydrogens is 274 g/mol. The summed E-state index contributed by atoms with van der Waals surface area (Å²) in [6.45, 7) is 0. The minimum Gasteiger partial charge on any atom is -0.497 e. The van der Waals surface area contributed by atoms with Crippen LogP contribution in [0.3, 0.4) is 0 Å².